The summed E-state index contributed by atoms with van der Waals surface area (Å²) in [5.74, 6) is -0.182. The zero-order valence-corrected chi connectivity index (χ0v) is 22.5. The molecule has 2 amide bonds. The number of methoxy groups -OCH3 is 1. The molecular weight excluding hydrogens is 466 g/mol. The lowest BCUT2D eigenvalue weighted by Crippen LogP contribution is -2.51. The molecule has 35 heavy (non-hydrogen) atoms. The summed E-state index contributed by atoms with van der Waals surface area (Å²) in [6.07, 6.45) is 1.07. The van der Waals surface area contributed by atoms with Gasteiger partial charge >= 0.3 is 0 Å². The fraction of sp³-hybridized carbons (Fsp3) is 0.462. The van der Waals surface area contributed by atoms with E-state index in [9.17, 15) is 18.0 Å². The van der Waals surface area contributed by atoms with Crippen molar-refractivity contribution in [1.29, 1.82) is 0 Å². The van der Waals surface area contributed by atoms with E-state index in [-0.39, 0.29) is 17.9 Å². The number of nitrogens with zero attached hydrogens (tertiary/aromatic N) is 2. The molecule has 0 aliphatic rings. The molecule has 0 bridgehead atoms. The Morgan fingerprint density at radius 1 is 1.09 bits per heavy atom. The third-order valence-corrected chi connectivity index (χ3v) is 6.85. The minimum absolute atomic E-state index is 0.0973. The SMILES string of the molecule is CCNC(=O)C(C)N(Cc1cccc(OC)c1)C(=O)CN(c1ccc(C(C)(C)C)cc1)S(C)(=O)=O. The molecule has 0 heterocycles. The molecule has 1 unspecified atom stereocenters. The summed E-state index contributed by atoms with van der Waals surface area (Å²) in [7, 11) is -2.22. The molecule has 0 fully saturated rings. The van der Waals surface area contributed by atoms with Crippen LogP contribution in [0.4, 0.5) is 5.69 Å². The minimum atomic E-state index is -3.77. The van der Waals surface area contributed by atoms with E-state index in [1.54, 1.807) is 51.3 Å². The predicted molar refractivity (Wildman–Crippen MR) is 139 cm³/mol. The van der Waals surface area contributed by atoms with Crippen molar-refractivity contribution in [2.24, 2.45) is 0 Å². The van der Waals surface area contributed by atoms with Crippen LogP contribution in [0.5, 0.6) is 5.75 Å². The van der Waals surface area contributed by atoms with Crippen LogP contribution in [0.15, 0.2) is 48.5 Å². The van der Waals surface area contributed by atoms with Gasteiger partial charge in [-0.3, -0.25) is 13.9 Å². The first kappa shape index (κ1) is 28.2. The molecule has 2 rings (SSSR count). The van der Waals surface area contributed by atoms with Crippen LogP contribution in [0, 0.1) is 0 Å². The highest BCUT2D eigenvalue weighted by Crippen LogP contribution is 2.26. The molecule has 0 radical (unpaired) electrons. The fourth-order valence-corrected chi connectivity index (χ4v) is 4.46. The van der Waals surface area contributed by atoms with Crippen molar-refractivity contribution in [2.75, 3.05) is 30.8 Å². The average molecular weight is 504 g/mol. The number of ether oxygens (including phenoxy) is 1. The summed E-state index contributed by atoms with van der Waals surface area (Å²) in [4.78, 5) is 27.5. The van der Waals surface area contributed by atoms with Crippen LogP contribution in [0.3, 0.4) is 0 Å². The van der Waals surface area contributed by atoms with Gasteiger partial charge in [-0.2, -0.15) is 0 Å². The van der Waals surface area contributed by atoms with Crippen molar-refractivity contribution in [3.8, 4) is 5.75 Å². The lowest BCUT2D eigenvalue weighted by atomic mass is 9.87. The number of benzene rings is 2. The maximum atomic E-state index is 13.5. The molecule has 0 spiro atoms. The highest BCUT2D eigenvalue weighted by molar-refractivity contribution is 7.92. The van der Waals surface area contributed by atoms with Crippen LogP contribution in [-0.2, 0) is 31.6 Å². The number of sulfonamides is 1. The van der Waals surface area contributed by atoms with Crippen molar-refractivity contribution < 1.29 is 22.7 Å². The van der Waals surface area contributed by atoms with Crippen molar-refractivity contribution in [1.82, 2.24) is 10.2 Å². The maximum Gasteiger partial charge on any atom is 0.244 e. The second-order valence-electron chi connectivity index (χ2n) is 9.51. The summed E-state index contributed by atoms with van der Waals surface area (Å²) < 4.78 is 31.7. The standard InChI is InChI=1S/C26H37N3O5S/c1-8-27-25(31)19(2)28(17-20-10-9-11-23(16-20)34-6)24(30)18-29(35(7,32)33)22-14-12-21(13-15-22)26(3,4)5/h9-16,19H,8,17-18H2,1-7H3,(H,27,31). The van der Waals surface area contributed by atoms with Crippen molar-refractivity contribution >= 4 is 27.5 Å². The quantitative estimate of drug-likeness (QED) is 0.537. The van der Waals surface area contributed by atoms with E-state index in [2.05, 4.69) is 26.1 Å². The summed E-state index contributed by atoms with van der Waals surface area (Å²) in [6, 6.07) is 13.5. The number of amides is 2. The summed E-state index contributed by atoms with van der Waals surface area (Å²) in [5, 5.41) is 2.74. The molecule has 192 valence electrons. The Balaban J connectivity index is 2.40. The molecule has 0 saturated heterocycles. The van der Waals surface area contributed by atoms with Crippen LogP contribution in [0.25, 0.3) is 0 Å². The molecule has 2 aromatic rings. The smallest absolute Gasteiger partial charge is 0.244 e. The Hall–Kier alpha value is -3.07. The van der Waals surface area contributed by atoms with E-state index >= 15 is 0 Å². The van der Waals surface area contributed by atoms with Gasteiger partial charge in [0, 0.05) is 13.1 Å². The van der Waals surface area contributed by atoms with Gasteiger partial charge < -0.3 is 15.0 Å². The van der Waals surface area contributed by atoms with Gasteiger partial charge in [0.1, 0.15) is 18.3 Å². The highest BCUT2D eigenvalue weighted by atomic mass is 32.2. The van der Waals surface area contributed by atoms with Crippen molar-refractivity contribution in [2.45, 2.75) is 52.6 Å². The summed E-state index contributed by atoms with van der Waals surface area (Å²) in [5.41, 5.74) is 2.10. The number of nitrogens with one attached hydrogen (secondary N) is 1. The highest BCUT2D eigenvalue weighted by Gasteiger charge is 2.30. The third-order valence-electron chi connectivity index (χ3n) is 5.71. The zero-order chi connectivity index (χ0) is 26.4. The van der Waals surface area contributed by atoms with Crippen molar-refractivity contribution in [3.63, 3.8) is 0 Å². The van der Waals surface area contributed by atoms with Gasteiger partial charge in [0.2, 0.25) is 21.8 Å². The number of hydrogen-bond acceptors (Lipinski definition) is 5. The number of carbonyl (C=O) groups excluding carboxylic acids is 2. The summed E-state index contributed by atoms with van der Waals surface area (Å²) >= 11 is 0. The van der Waals surface area contributed by atoms with E-state index in [0.29, 0.717) is 18.0 Å². The average Bonchev–Trinajstić information content (AvgIpc) is 2.79. The second kappa shape index (κ2) is 11.6. The van der Waals surface area contributed by atoms with Crippen molar-refractivity contribution in [3.05, 3.63) is 59.7 Å². The Bertz CT molecular complexity index is 1120. The molecular formula is C26H37N3O5S. The first-order valence-electron chi connectivity index (χ1n) is 11.6. The van der Waals surface area contributed by atoms with Crippen LogP contribution < -0.4 is 14.4 Å². The summed E-state index contributed by atoms with van der Waals surface area (Å²) in [6.45, 7) is 9.74. The first-order chi connectivity index (χ1) is 16.3. The lowest BCUT2D eigenvalue weighted by molar-refractivity contribution is -0.139. The topological polar surface area (TPSA) is 96.0 Å². The van der Waals surface area contributed by atoms with E-state index in [1.165, 1.54) is 4.90 Å². The number of hydrogen-bond donors (Lipinski definition) is 1. The number of rotatable bonds is 10. The Kier molecular flexibility index (Phi) is 9.31. The van der Waals surface area contributed by atoms with Crippen LogP contribution >= 0.6 is 0 Å². The monoisotopic (exact) mass is 503 g/mol. The van der Waals surface area contributed by atoms with E-state index in [4.69, 9.17) is 4.74 Å². The van der Waals surface area contributed by atoms with E-state index < -0.39 is 28.5 Å². The molecule has 0 aliphatic carbocycles. The zero-order valence-electron chi connectivity index (χ0n) is 21.7. The van der Waals surface area contributed by atoms with Gasteiger partial charge in [-0.05, 0) is 54.7 Å². The number of carbonyl (C=O) groups is 2. The van der Waals surface area contributed by atoms with Crippen LogP contribution in [0.2, 0.25) is 0 Å². The van der Waals surface area contributed by atoms with Gasteiger partial charge in [-0.25, -0.2) is 8.42 Å². The van der Waals surface area contributed by atoms with Gasteiger partial charge in [0.15, 0.2) is 0 Å². The molecule has 8 nitrogen and oxygen atoms in total. The van der Waals surface area contributed by atoms with E-state index in [0.717, 1.165) is 21.7 Å². The number of anilines is 1. The Labute approximate surface area is 209 Å². The largest absolute Gasteiger partial charge is 0.497 e. The molecule has 0 aliphatic heterocycles. The van der Waals surface area contributed by atoms with Gasteiger partial charge in [0.05, 0.1) is 19.1 Å². The minimum Gasteiger partial charge on any atom is -0.497 e. The first-order valence-corrected chi connectivity index (χ1v) is 13.4. The van der Waals surface area contributed by atoms with Crippen LogP contribution in [-0.4, -0.2) is 57.6 Å². The molecule has 0 saturated carbocycles. The molecule has 1 N–H and O–H groups in total. The third kappa shape index (κ3) is 7.71. The lowest BCUT2D eigenvalue weighted by Gasteiger charge is -2.31. The number of likely N-dealkylation sites (N-methyl/N-ethyl adjacent to an activating group) is 1. The van der Waals surface area contributed by atoms with E-state index in [1.807, 2.05) is 18.2 Å². The maximum absolute atomic E-state index is 13.5. The molecule has 0 aromatic heterocycles. The normalized spacial score (nSPS) is 12.5. The Morgan fingerprint density at radius 3 is 2.23 bits per heavy atom. The molecule has 1 atom stereocenters. The van der Waals surface area contributed by atoms with Crippen LogP contribution in [0.1, 0.15) is 45.7 Å². The van der Waals surface area contributed by atoms with Gasteiger partial charge in [0.25, 0.3) is 0 Å². The predicted octanol–water partition coefficient (Wildman–Crippen LogP) is 3.31. The second-order valence-corrected chi connectivity index (χ2v) is 11.4. The van der Waals surface area contributed by atoms with Gasteiger partial charge in [-0.15, -0.1) is 0 Å². The fourth-order valence-electron chi connectivity index (χ4n) is 3.61. The van der Waals surface area contributed by atoms with Gasteiger partial charge in [-0.1, -0.05) is 45.0 Å². The Morgan fingerprint density at radius 2 is 1.71 bits per heavy atom. The molecule has 2 aromatic carbocycles. The molecule has 9 heteroatoms.